The highest BCUT2D eigenvalue weighted by Crippen LogP contribution is 2.42. The second-order valence-corrected chi connectivity index (χ2v) is 10.4. The Bertz CT molecular complexity index is 1380. The summed E-state index contributed by atoms with van der Waals surface area (Å²) >= 11 is 14.2. The molecule has 0 aliphatic carbocycles. The summed E-state index contributed by atoms with van der Waals surface area (Å²) in [4.78, 5) is 16.8. The molecule has 34 heavy (non-hydrogen) atoms. The fourth-order valence-corrected chi connectivity index (χ4v) is 6.34. The third-order valence-electron chi connectivity index (χ3n) is 6.29. The number of anilines is 1. The largest absolute Gasteiger partial charge is 0.457 e. The Morgan fingerprint density at radius 2 is 1.88 bits per heavy atom. The number of furan rings is 1. The molecule has 2 aliphatic heterocycles. The monoisotopic (exact) mass is 509 g/mol. The number of nitrogens with one attached hydrogen (secondary N) is 2. The first-order valence-corrected chi connectivity index (χ1v) is 12.7. The molecular weight excluding hydrogens is 489 g/mol. The van der Waals surface area contributed by atoms with E-state index in [1.165, 1.54) is 16.0 Å². The summed E-state index contributed by atoms with van der Waals surface area (Å²) in [6.45, 7) is 2.69. The molecule has 0 saturated carbocycles. The molecule has 2 N–H and O–H groups in total. The molecule has 2 aliphatic rings. The van der Waals surface area contributed by atoms with Gasteiger partial charge in [-0.15, -0.1) is 11.3 Å². The van der Waals surface area contributed by atoms with E-state index in [-0.39, 0.29) is 5.91 Å². The minimum absolute atomic E-state index is 0.0634. The van der Waals surface area contributed by atoms with Gasteiger partial charge in [0.25, 0.3) is 5.91 Å². The standard InChI is InChI=1S/C26H21Cl2N3O2S/c27-18-8-4-7-16(23(18)28)19-9-10-20(33-19)24-29-25(32)22-17-11-12-31(13-15-5-2-1-3-6-15)14-21(17)34-26(22)30-24/h1-10,24,30H,11-14H2,(H,29,32)/t24-/m0/s1. The Hall–Kier alpha value is -2.77. The van der Waals surface area contributed by atoms with Crippen molar-refractivity contribution in [3.8, 4) is 11.3 Å². The van der Waals surface area contributed by atoms with Crippen molar-refractivity contribution in [2.45, 2.75) is 25.7 Å². The fourth-order valence-electron chi connectivity index (χ4n) is 4.63. The minimum atomic E-state index is -0.452. The molecule has 1 amide bonds. The summed E-state index contributed by atoms with van der Waals surface area (Å²) in [5, 5.41) is 8.34. The number of fused-ring (bicyclic) bond motifs is 3. The number of benzene rings is 2. The van der Waals surface area contributed by atoms with Crippen molar-refractivity contribution in [2.24, 2.45) is 0 Å². The Morgan fingerprint density at radius 3 is 2.74 bits per heavy atom. The van der Waals surface area contributed by atoms with Gasteiger partial charge in [-0.1, -0.05) is 59.6 Å². The van der Waals surface area contributed by atoms with E-state index in [1.54, 1.807) is 17.4 Å². The van der Waals surface area contributed by atoms with Crippen molar-refractivity contribution in [1.29, 1.82) is 0 Å². The number of thiophene rings is 1. The third-order valence-corrected chi connectivity index (χ3v) is 8.26. The highest BCUT2D eigenvalue weighted by atomic mass is 35.5. The van der Waals surface area contributed by atoms with Crippen LogP contribution in [-0.2, 0) is 19.5 Å². The van der Waals surface area contributed by atoms with Crippen molar-refractivity contribution in [3.63, 3.8) is 0 Å². The van der Waals surface area contributed by atoms with Gasteiger partial charge < -0.3 is 15.1 Å². The second-order valence-electron chi connectivity index (χ2n) is 8.51. The number of amides is 1. The molecule has 8 heteroatoms. The summed E-state index contributed by atoms with van der Waals surface area (Å²) in [6.07, 6.45) is 0.415. The zero-order chi connectivity index (χ0) is 23.2. The number of nitrogens with zero attached hydrogens (tertiary/aromatic N) is 1. The molecule has 0 unspecified atom stereocenters. The van der Waals surface area contributed by atoms with Crippen LogP contribution in [0, 0.1) is 0 Å². The van der Waals surface area contributed by atoms with Crippen molar-refractivity contribution in [1.82, 2.24) is 10.2 Å². The molecule has 1 atom stereocenters. The molecule has 4 heterocycles. The summed E-state index contributed by atoms with van der Waals surface area (Å²) in [7, 11) is 0. The third kappa shape index (κ3) is 3.91. The number of carbonyl (C=O) groups excluding carboxylic acids is 1. The van der Waals surface area contributed by atoms with Crippen molar-refractivity contribution in [2.75, 3.05) is 11.9 Å². The predicted octanol–water partition coefficient (Wildman–Crippen LogP) is 6.73. The van der Waals surface area contributed by atoms with Crippen LogP contribution >= 0.6 is 34.5 Å². The smallest absolute Gasteiger partial charge is 0.256 e. The molecule has 2 aromatic heterocycles. The van der Waals surface area contributed by atoms with Gasteiger partial charge >= 0.3 is 0 Å². The lowest BCUT2D eigenvalue weighted by atomic mass is 10.0. The van der Waals surface area contributed by atoms with Gasteiger partial charge in [0.1, 0.15) is 16.5 Å². The first kappa shape index (κ1) is 21.7. The fraction of sp³-hybridized carbons (Fsp3) is 0.192. The van der Waals surface area contributed by atoms with Crippen LogP contribution in [0.25, 0.3) is 11.3 Å². The topological polar surface area (TPSA) is 57.5 Å². The van der Waals surface area contributed by atoms with E-state index in [9.17, 15) is 4.79 Å². The van der Waals surface area contributed by atoms with Crippen molar-refractivity contribution < 1.29 is 9.21 Å². The highest BCUT2D eigenvalue weighted by Gasteiger charge is 2.34. The molecule has 0 spiro atoms. The van der Waals surface area contributed by atoms with Gasteiger partial charge in [-0.25, -0.2) is 0 Å². The lowest BCUT2D eigenvalue weighted by molar-refractivity contribution is 0.0930. The number of hydrogen-bond acceptors (Lipinski definition) is 5. The lowest BCUT2D eigenvalue weighted by Crippen LogP contribution is -2.38. The van der Waals surface area contributed by atoms with E-state index in [0.29, 0.717) is 27.1 Å². The minimum Gasteiger partial charge on any atom is -0.457 e. The molecule has 2 aromatic carbocycles. The molecule has 0 fully saturated rings. The van der Waals surface area contributed by atoms with Crippen molar-refractivity contribution >= 4 is 45.4 Å². The highest BCUT2D eigenvalue weighted by molar-refractivity contribution is 7.16. The molecule has 5 nitrogen and oxygen atoms in total. The number of carbonyl (C=O) groups is 1. The van der Waals surface area contributed by atoms with Crippen LogP contribution in [0.1, 0.15) is 38.3 Å². The average molecular weight is 510 g/mol. The van der Waals surface area contributed by atoms with E-state index in [4.69, 9.17) is 27.6 Å². The van der Waals surface area contributed by atoms with Crippen LogP contribution in [-0.4, -0.2) is 17.4 Å². The molecule has 172 valence electrons. The molecule has 0 bridgehead atoms. The number of hydrogen-bond donors (Lipinski definition) is 2. The van der Waals surface area contributed by atoms with E-state index >= 15 is 0 Å². The molecule has 0 radical (unpaired) electrons. The molecule has 0 saturated heterocycles. The number of rotatable bonds is 4. The Morgan fingerprint density at radius 1 is 1.03 bits per heavy atom. The van der Waals surface area contributed by atoms with Crippen LogP contribution in [0.3, 0.4) is 0 Å². The van der Waals surface area contributed by atoms with Crippen LogP contribution in [0.2, 0.25) is 10.0 Å². The summed E-state index contributed by atoms with van der Waals surface area (Å²) in [5.74, 6) is 1.15. The SMILES string of the molecule is O=C1N[C@H](c2ccc(-c3cccc(Cl)c3Cl)o2)Nc2sc3c(c21)CCN(Cc1ccccc1)C3. The normalized spacial score (nSPS) is 17.6. The lowest BCUT2D eigenvalue weighted by Gasteiger charge is -2.28. The van der Waals surface area contributed by atoms with E-state index in [1.807, 2.05) is 30.3 Å². The maximum atomic E-state index is 13.1. The van der Waals surface area contributed by atoms with Gasteiger partial charge in [-0.05, 0) is 41.8 Å². The van der Waals surface area contributed by atoms with Crippen LogP contribution in [0.15, 0.2) is 65.1 Å². The van der Waals surface area contributed by atoms with Gasteiger partial charge in [0, 0.05) is 30.1 Å². The van der Waals surface area contributed by atoms with Crippen LogP contribution in [0.4, 0.5) is 5.00 Å². The first-order chi connectivity index (χ1) is 16.6. The van der Waals surface area contributed by atoms with Crippen molar-refractivity contribution in [3.05, 3.63) is 98.0 Å². The van der Waals surface area contributed by atoms with Gasteiger partial charge in [0.2, 0.25) is 0 Å². The molecule has 6 rings (SSSR count). The predicted molar refractivity (Wildman–Crippen MR) is 137 cm³/mol. The van der Waals surface area contributed by atoms with Gasteiger partial charge in [0.05, 0.1) is 15.6 Å². The van der Waals surface area contributed by atoms with Gasteiger partial charge in [-0.2, -0.15) is 0 Å². The Balaban J connectivity index is 1.23. The van der Waals surface area contributed by atoms with Crippen LogP contribution < -0.4 is 10.6 Å². The van der Waals surface area contributed by atoms with E-state index < -0.39 is 6.17 Å². The average Bonchev–Trinajstić information content (AvgIpc) is 3.46. The summed E-state index contributed by atoms with van der Waals surface area (Å²) in [6, 6.07) is 19.6. The summed E-state index contributed by atoms with van der Waals surface area (Å²) < 4.78 is 6.07. The van der Waals surface area contributed by atoms with Gasteiger partial charge in [0.15, 0.2) is 6.17 Å². The summed E-state index contributed by atoms with van der Waals surface area (Å²) in [5.41, 5.74) is 3.96. The Kier molecular flexibility index (Phi) is 5.62. The quantitative estimate of drug-likeness (QED) is 0.320. The Labute approximate surface area is 211 Å². The zero-order valence-corrected chi connectivity index (χ0v) is 20.4. The second kappa shape index (κ2) is 8.78. The maximum absolute atomic E-state index is 13.1. The van der Waals surface area contributed by atoms with Crippen LogP contribution in [0.5, 0.6) is 0 Å². The first-order valence-electron chi connectivity index (χ1n) is 11.1. The molecule has 4 aromatic rings. The van der Waals surface area contributed by atoms with E-state index in [0.717, 1.165) is 36.6 Å². The van der Waals surface area contributed by atoms with Gasteiger partial charge in [-0.3, -0.25) is 9.69 Å². The number of halogens is 2. The van der Waals surface area contributed by atoms with E-state index in [2.05, 4.69) is 39.8 Å². The maximum Gasteiger partial charge on any atom is 0.256 e. The molecular formula is C26H21Cl2N3O2S. The zero-order valence-electron chi connectivity index (χ0n) is 18.1.